The summed E-state index contributed by atoms with van der Waals surface area (Å²) >= 11 is 0. The summed E-state index contributed by atoms with van der Waals surface area (Å²) in [6.45, 7) is 3.44. The van der Waals surface area contributed by atoms with Crippen molar-refractivity contribution in [3.8, 4) is 5.75 Å². The first-order valence-electron chi connectivity index (χ1n) is 5.79. The van der Waals surface area contributed by atoms with E-state index in [9.17, 15) is 9.59 Å². The SMILES string of the molecule is COc1cc(N)ccc1C(=O)NC(C)(C)CC(N)=O. The van der Waals surface area contributed by atoms with Gasteiger partial charge < -0.3 is 21.5 Å². The Morgan fingerprint density at radius 2 is 2.00 bits per heavy atom. The van der Waals surface area contributed by atoms with E-state index in [-0.39, 0.29) is 12.3 Å². The highest BCUT2D eigenvalue weighted by Gasteiger charge is 2.24. The van der Waals surface area contributed by atoms with Crippen molar-refractivity contribution in [1.82, 2.24) is 5.32 Å². The first-order valence-corrected chi connectivity index (χ1v) is 5.79. The zero-order valence-corrected chi connectivity index (χ0v) is 11.3. The van der Waals surface area contributed by atoms with Crippen molar-refractivity contribution in [2.75, 3.05) is 12.8 Å². The van der Waals surface area contributed by atoms with E-state index >= 15 is 0 Å². The fourth-order valence-electron chi connectivity index (χ4n) is 1.75. The van der Waals surface area contributed by atoms with Crippen molar-refractivity contribution in [2.45, 2.75) is 25.8 Å². The molecule has 0 spiro atoms. The summed E-state index contributed by atoms with van der Waals surface area (Å²) in [6, 6.07) is 4.75. The molecule has 104 valence electrons. The summed E-state index contributed by atoms with van der Waals surface area (Å²) in [7, 11) is 1.46. The number of hydrogen-bond donors (Lipinski definition) is 3. The minimum Gasteiger partial charge on any atom is -0.496 e. The predicted molar refractivity (Wildman–Crippen MR) is 72.8 cm³/mol. The standard InChI is InChI=1S/C13H19N3O3/c1-13(2,7-11(15)17)16-12(18)9-5-4-8(14)6-10(9)19-3/h4-6H,7,14H2,1-3H3,(H2,15,17)(H,16,18). The van der Waals surface area contributed by atoms with Gasteiger partial charge in [-0.15, -0.1) is 0 Å². The van der Waals surface area contributed by atoms with Crippen molar-refractivity contribution in [1.29, 1.82) is 0 Å². The summed E-state index contributed by atoms with van der Waals surface area (Å²) in [4.78, 5) is 23.1. The van der Waals surface area contributed by atoms with Crippen LogP contribution in [0.5, 0.6) is 5.75 Å². The summed E-state index contributed by atoms with van der Waals surface area (Å²) < 4.78 is 5.11. The molecule has 2 amide bonds. The van der Waals surface area contributed by atoms with E-state index < -0.39 is 11.4 Å². The number of rotatable bonds is 5. The number of carbonyl (C=O) groups excluding carboxylic acids is 2. The average Bonchev–Trinajstić information content (AvgIpc) is 2.25. The molecular formula is C13H19N3O3. The molecule has 0 fully saturated rings. The number of primary amides is 1. The van der Waals surface area contributed by atoms with E-state index in [2.05, 4.69) is 5.32 Å². The Morgan fingerprint density at radius 3 is 2.53 bits per heavy atom. The lowest BCUT2D eigenvalue weighted by molar-refractivity contribution is -0.119. The first-order chi connectivity index (χ1) is 8.75. The van der Waals surface area contributed by atoms with Gasteiger partial charge in [0.05, 0.1) is 12.7 Å². The fraction of sp³-hybridized carbons (Fsp3) is 0.385. The van der Waals surface area contributed by atoms with Crippen LogP contribution in [0.1, 0.15) is 30.6 Å². The number of amides is 2. The van der Waals surface area contributed by atoms with Gasteiger partial charge in [0.25, 0.3) is 5.91 Å². The van der Waals surface area contributed by atoms with Gasteiger partial charge in [-0.25, -0.2) is 0 Å². The van der Waals surface area contributed by atoms with Gasteiger partial charge in [-0.1, -0.05) is 0 Å². The second-order valence-corrected chi connectivity index (χ2v) is 4.94. The highest BCUT2D eigenvalue weighted by atomic mass is 16.5. The van der Waals surface area contributed by atoms with Crippen molar-refractivity contribution < 1.29 is 14.3 Å². The molecule has 6 heteroatoms. The molecule has 0 bridgehead atoms. The molecule has 0 radical (unpaired) electrons. The highest BCUT2D eigenvalue weighted by Crippen LogP contribution is 2.22. The van der Waals surface area contributed by atoms with Crippen LogP contribution in [0.2, 0.25) is 0 Å². The van der Waals surface area contributed by atoms with Gasteiger partial charge in [0, 0.05) is 23.7 Å². The van der Waals surface area contributed by atoms with Gasteiger partial charge in [-0.05, 0) is 26.0 Å². The maximum Gasteiger partial charge on any atom is 0.255 e. The summed E-state index contributed by atoms with van der Waals surface area (Å²) in [5.74, 6) is -0.440. The van der Waals surface area contributed by atoms with Crippen molar-refractivity contribution in [3.63, 3.8) is 0 Å². The fourth-order valence-corrected chi connectivity index (χ4v) is 1.75. The third kappa shape index (κ3) is 4.17. The number of nitrogen functional groups attached to an aromatic ring is 1. The summed E-state index contributed by atoms with van der Waals surface area (Å²) in [6.07, 6.45) is 0.0516. The van der Waals surface area contributed by atoms with Crippen molar-refractivity contribution in [2.24, 2.45) is 5.73 Å². The second-order valence-electron chi connectivity index (χ2n) is 4.94. The van der Waals surface area contributed by atoms with Crippen LogP contribution in [0.4, 0.5) is 5.69 Å². The van der Waals surface area contributed by atoms with Gasteiger partial charge in [0.15, 0.2) is 0 Å². The summed E-state index contributed by atoms with van der Waals surface area (Å²) in [5, 5.41) is 2.74. The molecule has 0 aromatic heterocycles. The van der Waals surface area contributed by atoms with E-state index in [1.54, 1.807) is 32.0 Å². The van der Waals surface area contributed by atoms with Crippen LogP contribution in [-0.4, -0.2) is 24.5 Å². The van der Waals surface area contributed by atoms with Gasteiger partial charge in [-0.3, -0.25) is 9.59 Å². The molecule has 0 aliphatic heterocycles. The summed E-state index contributed by atoms with van der Waals surface area (Å²) in [5.41, 5.74) is 10.9. The molecule has 19 heavy (non-hydrogen) atoms. The topological polar surface area (TPSA) is 107 Å². The lowest BCUT2D eigenvalue weighted by Crippen LogP contribution is -2.46. The van der Waals surface area contributed by atoms with E-state index in [1.165, 1.54) is 7.11 Å². The Hall–Kier alpha value is -2.24. The van der Waals surface area contributed by atoms with Crippen LogP contribution in [-0.2, 0) is 4.79 Å². The smallest absolute Gasteiger partial charge is 0.255 e. The Balaban J connectivity index is 2.92. The molecule has 0 unspecified atom stereocenters. The second kappa shape index (κ2) is 5.60. The molecule has 1 aromatic rings. The van der Waals surface area contributed by atoms with Crippen LogP contribution >= 0.6 is 0 Å². The quantitative estimate of drug-likeness (QED) is 0.680. The van der Waals surface area contributed by atoms with Gasteiger partial charge in [0.2, 0.25) is 5.91 Å². The predicted octanol–water partition coefficient (Wildman–Crippen LogP) is 0.661. The maximum absolute atomic E-state index is 12.1. The van der Waals surface area contributed by atoms with E-state index in [4.69, 9.17) is 16.2 Å². The molecule has 1 aromatic carbocycles. The van der Waals surface area contributed by atoms with Gasteiger partial charge >= 0.3 is 0 Å². The van der Waals surface area contributed by atoms with Gasteiger partial charge in [-0.2, -0.15) is 0 Å². The lowest BCUT2D eigenvalue weighted by atomic mass is 9.99. The zero-order chi connectivity index (χ0) is 14.6. The molecule has 0 heterocycles. The van der Waals surface area contributed by atoms with E-state index in [1.807, 2.05) is 0 Å². The number of nitrogens with one attached hydrogen (secondary N) is 1. The molecule has 0 saturated heterocycles. The molecule has 0 atom stereocenters. The number of hydrogen-bond acceptors (Lipinski definition) is 4. The molecule has 0 aliphatic carbocycles. The molecule has 6 nitrogen and oxygen atoms in total. The van der Waals surface area contributed by atoms with Crippen LogP contribution in [0.15, 0.2) is 18.2 Å². The Labute approximate surface area is 112 Å². The molecule has 1 rings (SSSR count). The first kappa shape index (κ1) is 14.8. The van der Waals surface area contributed by atoms with Crippen molar-refractivity contribution in [3.05, 3.63) is 23.8 Å². The van der Waals surface area contributed by atoms with Crippen LogP contribution < -0.4 is 21.5 Å². The number of nitrogens with two attached hydrogens (primary N) is 2. The maximum atomic E-state index is 12.1. The van der Waals surface area contributed by atoms with Crippen LogP contribution in [0.25, 0.3) is 0 Å². The molecular weight excluding hydrogens is 246 g/mol. The third-order valence-electron chi connectivity index (χ3n) is 2.54. The molecule has 0 saturated carbocycles. The third-order valence-corrected chi connectivity index (χ3v) is 2.54. The monoisotopic (exact) mass is 265 g/mol. The van der Waals surface area contributed by atoms with Crippen molar-refractivity contribution >= 4 is 17.5 Å². The molecule has 0 aliphatic rings. The van der Waals surface area contributed by atoms with E-state index in [0.29, 0.717) is 17.0 Å². The lowest BCUT2D eigenvalue weighted by Gasteiger charge is -2.25. The minimum absolute atomic E-state index is 0.0516. The van der Waals surface area contributed by atoms with Crippen LogP contribution in [0, 0.1) is 0 Å². The van der Waals surface area contributed by atoms with Gasteiger partial charge in [0.1, 0.15) is 5.75 Å². The number of ether oxygens (including phenoxy) is 1. The van der Waals surface area contributed by atoms with E-state index in [0.717, 1.165) is 0 Å². The highest BCUT2D eigenvalue weighted by molar-refractivity contribution is 5.98. The number of methoxy groups -OCH3 is 1. The Bertz CT molecular complexity index is 498. The normalized spacial score (nSPS) is 10.9. The minimum atomic E-state index is -0.727. The Morgan fingerprint density at radius 1 is 1.37 bits per heavy atom. The number of benzene rings is 1. The average molecular weight is 265 g/mol. The number of anilines is 1. The van der Waals surface area contributed by atoms with Crippen LogP contribution in [0.3, 0.4) is 0 Å². The Kier molecular flexibility index (Phi) is 4.37. The zero-order valence-electron chi connectivity index (χ0n) is 11.3. The largest absolute Gasteiger partial charge is 0.496 e. The molecule has 5 N–H and O–H groups in total. The number of carbonyl (C=O) groups is 2.